The summed E-state index contributed by atoms with van der Waals surface area (Å²) < 4.78 is 22.9. The van der Waals surface area contributed by atoms with E-state index in [-0.39, 0.29) is 22.7 Å². The van der Waals surface area contributed by atoms with Crippen molar-refractivity contribution in [2.45, 2.75) is 6.92 Å². The molecule has 0 aliphatic rings. The molecule has 4 rings (SSSR count). The van der Waals surface area contributed by atoms with Crippen LogP contribution < -0.4 is 30.4 Å². The third kappa shape index (κ3) is 3.87. The van der Waals surface area contributed by atoms with E-state index in [1.54, 1.807) is 36.4 Å². The van der Waals surface area contributed by atoms with E-state index < -0.39 is 11.6 Å². The van der Waals surface area contributed by atoms with Gasteiger partial charge in [-0.1, -0.05) is 0 Å². The number of hydrogen-bond acceptors (Lipinski definition) is 8. The number of nitrogens with two attached hydrogens (primary N) is 1. The fourth-order valence-corrected chi connectivity index (χ4v) is 3.58. The largest absolute Gasteiger partial charge is 0.493 e. The number of primary amides is 1. The summed E-state index contributed by atoms with van der Waals surface area (Å²) in [4.78, 5) is 36.7. The minimum Gasteiger partial charge on any atom is -0.493 e. The fourth-order valence-electron chi connectivity index (χ4n) is 3.58. The van der Waals surface area contributed by atoms with Gasteiger partial charge in [-0.05, 0) is 37.3 Å². The first kappa shape index (κ1) is 22.6. The molecule has 176 valence electrons. The first-order valence-electron chi connectivity index (χ1n) is 10.3. The Hall–Kier alpha value is -4.54. The fraction of sp³-hybridized carbons (Fsp3) is 0.217. The highest BCUT2D eigenvalue weighted by Crippen LogP contribution is 2.33. The van der Waals surface area contributed by atoms with Crippen LogP contribution in [0.15, 0.2) is 41.2 Å². The normalized spacial score (nSPS) is 10.8. The Morgan fingerprint density at radius 2 is 1.65 bits per heavy atom. The molecule has 2 heterocycles. The van der Waals surface area contributed by atoms with Crippen molar-refractivity contribution in [3.05, 3.63) is 52.6 Å². The molecule has 2 aromatic heterocycles. The number of carbonyl (C=O) groups is 1. The van der Waals surface area contributed by atoms with Crippen molar-refractivity contribution < 1.29 is 23.7 Å². The average molecular weight is 465 g/mol. The lowest BCUT2D eigenvalue weighted by Crippen LogP contribution is -2.15. The third-order valence-corrected chi connectivity index (χ3v) is 5.12. The number of imidazole rings is 1. The standard InChI is InChI=1S/C23H23N5O6/c1-5-34-15-8-6-12(10-16(15)32-3)21-25-18(20(24)29)19-22(27-21)28(23(30)26-19)13-7-9-14(31-2)17(11-13)33-4/h6-11H,5H2,1-4H3,(H2,24,29)(H,26,30). The zero-order valence-electron chi connectivity index (χ0n) is 19.0. The van der Waals surface area contributed by atoms with Gasteiger partial charge in [0.2, 0.25) is 0 Å². The minimum absolute atomic E-state index is 0.119. The zero-order valence-corrected chi connectivity index (χ0v) is 19.0. The molecule has 2 aromatic carbocycles. The summed E-state index contributed by atoms with van der Waals surface area (Å²) in [7, 11) is 4.52. The Morgan fingerprint density at radius 3 is 2.29 bits per heavy atom. The van der Waals surface area contributed by atoms with Crippen molar-refractivity contribution in [2.24, 2.45) is 5.73 Å². The molecule has 3 N–H and O–H groups in total. The molecule has 0 radical (unpaired) electrons. The van der Waals surface area contributed by atoms with E-state index in [4.69, 9.17) is 24.7 Å². The monoisotopic (exact) mass is 465 g/mol. The first-order valence-corrected chi connectivity index (χ1v) is 10.3. The highest BCUT2D eigenvalue weighted by molar-refractivity contribution is 6.02. The van der Waals surface area contributed by atoms with Crippen LogP contribution in [-0.2, 0) is 0 Å². The Balaban J connectivity index is 1.97. The van der Waals surface area contributed by atoms with Gasteiger partial charge in [-0.15, -0.1) is 0 Å². The van der Waals surface area contributed by atoms with Crippen LogP contribution in [0.1, 0.15) is 17.4 Å². The smallest absolute Gasteiger partial charge is 0.332 e. The second kappa shape index (κ2) is 9.14. The van der Waals surface area contributed by atoms with Gasteiger partial charge in [0.1, 0.15) is 5.52 Å². The molecule has 11 heteroatoms. The Bertz CT molecular complexity index is 1440. The molecule has 0 spiro atoms. The summed E-state index contributed by atoms with van der Waals surface area (Å²) >= 11 is 0. The number of ether oxygens (including phenoxy) is 4. The number of methoxy groups -OCH3 is 3. The summed E-state index contributed by atoms with van der Waals surface area (Å²) in [5, 5.41) is 0. The molecular formula is C23H23N5O6. The summed E-state index contributed by atoms with van der Waals surface area (Å²) in [5.41, 5.74) is 6.21. The number of benzene rings is 2. The number of H-pyrrole nitrogens is 1. The lowest BCUT2D eigenvalue weighted by atomic mass is 10.1. The van der Waals surface area contributed by atoms with Crippen molar-refractivity contribution in [1.82, 2.24) is 19.5 Å². The molecule has 0 saturated carbocycles. The number of aromatic nitrogens is 4. The number of aromatic amines is 1. The van der Waals surface area contributed by atoms with Crippen LogP contribution in [0.5, 0.6) is 23.0 Å². The molecule has 34 heavy (non-hydrogen) atoms. The predicted molar refractivity (Wildman–Crippen MR) is 124 cm³/mol. The van der Waals surface area contributed by atoms with E-state index in [1.807, 2.05) is 6.92 Å². The first-order chi connectivity index (χ1) is 16.4. The number of rotatable bonds is 8. The Labute approximate surface area is 194 Å². The van der Waals surface area contributed by atoms with Gasteiger partial charge in [0.15, 0.2) is 40.2 Å². The predicted octanol–water partition coefficient (Wildman–Crippen LogP) is 2.30. The summed E-state index contributed by atoms with van der Waals surface area (Å²) in [6.07, 6.45) is 0. The maximum atomic E-state index is 12.9. The maximum Gasteiger partial charge on any atom is 0.332 e. The lowest BCUT2D eigenvalue weighted by molar-refractivity contribution is 0.0997. The molecule has 1 amide bonds. The van der Waals surface area contributed by atoms with Gasteiger partial charge in [0.25, 0.3) is 5.91 Å². The van der Waals surface area contributed by atoms with Gasteiger partial charge in [-0.25, -0.2) is 19.3 Å². The van der Waals surface area contributed by atoms with E-state index >= 15 is 0 Å². The van der Waals surface area contributed by atoms with Crippen LogP contribution in [0.2, 0.25) is 0 Å². The van der Waals surface area contributed by atoms with E-state index in [2.05, 4.69) is 15.0 Å². The van der Waals surface area contributed by atoms with Gasteiger partial charge in [-0.2, -0.15) is 0 Å². The van der Waals surface area contributed by atoms with Crippen molar-refractivity contribution in [1.29, 1.82) is 0 Å². The van der Waals surface area contributed by atoms with Crippen LogP contribution in [-0.4, -0.2) is 53.4 Å². The molecule has 11 nitrogen and oxygen atoms in total. The van der Waals surface area contributed by atoms with Crippen LogP contribution in [0, 0.1) is 0 Å². The van der Waals surface area contributed by atoms with Crippen LogP contribution in [0.4, 0.5) is 0 Å². The van der Waals surface area contributed by atoms with Crippen molar-refractivity contribution in [3.8, 4) is 40.1 Å². The molecular weight excluding hydrogens is 442 g/mol. The molecule has 0 saturated heterocycles. The Kier molecular flexibility index (Phi) is 6.09. The molecule has 0 atom stereocenters. The van der Waals surface area contributed by atoms with Crippen molar-refractivity contribution in [3.63, 3.8) is 0 Å². The second-order valence-corrected chi connectivity index (χ2v) is 7.06. The van der Waals surface area contributed by atoms with E-state index in [0.29, 0.717) is 40.9 Å². The maximum absolute atomic E-state index is 12.9. The van der Waals surface area contributed by atoms with E-state index in [9.17, 15) is 9.59 Å². The molecule has 0 aliphatic carbocycles. The SMILES string of the molecule is CCOc1ccc(-c2nc(C(N)=O)c3[nH]c(=O)n(-c4ccc(OC)c(OC)c4)c3n2)cc1OC. The van der Waals surface area contributed by atoms with Crippen LogP contribution in [0.25, 0.3) is 28.2 Å². The van der Waals surface area contributed by atoms with E-state index in [1.165, 1.54) is 25.9 Å². The second-order valence-electron chi connectivity index (χ2n) is 7.06. The van der Waals surface area contributed by atoms with Crippen LogP contribution in [0.3, 0.4) is 0 Å². The van der Waals surface area contributed by atoms with Gasteiger partial charge in [-0.3, -0.25) is 4.79 Å². The molecule has 0 bridgehead atoms. The molecule has 0 fully saturated rings. The minimum atomic E-state index is -0.813. The number of carbonyl (C=O) groups excluding carboxylic acids is 1. The number of nitrogens with one attached hydrogen (secondary N) is 1. The van der Waals surface area contributed by atoms with Crippen LogP contribution >= 0.6 is 0 Å². The summed E-state index contributed by atoms with van der Waals surface area (Å²) in [5.74, 6) is 1.29. The number of hydrogen-bond donors (Lipinski definition) is 2. The Morgan fingerprint density at radius 1 is 0.971 bits per heavy atom. The zero-order chi connectivity index (χ0) is 24.4. The topological polar surface area (TPSA) is 144 Å². The number of fused-ring (bicyclic) bond motifs is 1. The van der Waals surface area contributed by atoms with Crippen molar-refractivity contribution >= 4 is 17.1 Å². The molecule has 0 unspecified atom stereocenters. The highest BCUT2D eigenvalue weighted by atomic mass is 16.5. The quantitative estimate of drug-likeness (QED) is 0.403. The van der Waals surface area contributed by atoms with Crippen molar-refractivity contribution in [2.75, 3.05) is 27.9 Å². The summed E-state index contributed by atoms with van der Waals surface area (Å²) in [6.45, 7) is 2.33. The highest BCUT2D eigenvalue weighted by Gasteiger charge is 2.21. The number of nitrogens with zero attached hydrogens (tertiary/aromatic N) is 3. The average Bonchev–Trinajstić information content (AvgIpc) is 3.18. The number of amides is 1. The molecule has 4 aromatic rings. The molecule has 0 aliphatic heterocycles. The van der Waals surface area contributed by atoms with E-state index in [0.717, 1.165) is 0 Å². The van der Waals surface area contributed by atoms with Gasteiger partial charge in [0, 0.05) is 11.6 Å². The van der Waals surface area contributed by atoms with Gasteiger partial charge in [0.05, 0.1) is 33.6 Å². The third-order valence-electron chi connectivity index (χ3n) is 5.12. The van der Waals surface area contributed by atoms with Gasteiger partial charge >= 0.3 is 5.69 Å². The lowest BCUT2D eigenvalue weighted by Gasteiger charge is -2.12. The van der Waals surface area contributed by atoms with Gasteiger partial charge < -0.3 is 29.7 Å². The summed E-state index contributed by atoms with van der Waals surface area (Å²) in [6, 6.07) is 10.1.